The summed E-state index contributed by atoms with van der Waals surface area (Å²) in [5.74, 6) is 0.454. The molecule has 1 heterocycles. The van der Waals surface area contributed by atoms with Crippen LogP contribution in [0.2, 0.25) is 0 Å². The van der Waals surface area contributed by atoms with Crippen molar-refractivity contribution in [3.63, 3.8) is 0 Å². The van der Waals surface area contributed by atoms with E-state index in [1.54, 1.807) is 12.1 Å². The number of aromatic nitrogens is 2. The van der Waals surface area contributed by atoms with E-state index in [0.717, 1.165) is 44.5 Å². The first-order valence-corrected chi connectivity index (χ1v) is 7.93. The second-order valence-electron chi connectivity index (χ2n) is 5.40. The number of benzene rings is 1. The number of halogens is 1. The molecule has 0 unspecified atom stereocenters. The summed E-state index contributed by atoms with van der Waals surface area (Å²) >= 11 is 0. The van der Waals surface area contributed by atoms with E-state index in [2.05, 4.69) is 15.5 Å². The average molecular weight is 329 g/mol. The fraction of sp³-hybridized carbons (Fsp3) is 0.375. The minimum Gasteiger partial charge on any atom is -0.354 e. The Hall–Kier alpha value is -2.35. The molecule has 0 aliphatic carbocycles. The maximum Gasteiger partial charge on any atom is 0.421 e. The van der Waals surface area contributed by atoms with Gasteiger partial charge in [-0.25, -0.2) is 13.5 Å². The van der Waals surface area contributed by atoms with Gasteiger partial charge < -0.3 is 10.0 Å². The number of imidazole rings is 1. The lowest BCUT2D eigenvalue weighted by Gasteiger charge is -2.01. The fourth-order valence-electron chi connectivity index (χ4n) is 2.25. The highest BCUT2D eigenvalue weighted by atomic mass is 19.1. The first kappa shape index (κ1) is 18.0. The van der Waals surface area contributed by atoms with Crippen LogP contribution in [0.25, 0.3) is 0 Å². The lowest BCUT2D eigenvalue weighted by atomic mass is 9.99. The number of carbonyl (C=O) groups excluding carboxylic acids is 1. The number of carbonyl (C=O) groups is 1. The molecule has 0 aliphatic heterocycles. The number of azo groups is 1. The Balaban J connectivity index is 1.86. The summed E-state index contributed by atoms with van der Waals surface area (Å²) in [5.41, 5.74) is 0.613. The van der Waals surface area contributed by atoms with Gasteiger partial charge >= 0.3 is 5.95 Å². The minimum atomic E-state index is -0.289. The Morgan fingerprint density at radius 1 is 1.25 bits per heavy atom. The van der Waals surface area contributed by atoms with Gasteiger partial charge in [-0.15, -0.1) is 0 Å². The Morgan fingerprint density at radius 2 is 2.04 bits per heavy atom. The molecule has 8 heteroatoms. The number of aryl methyl sites for hydroxylation is 2. The average Bonchev–Trinajstić information content (AvgIpc) is 2.93. The van der Waals surface area contributed by atoms with Crippen LogP contribution in [0, 0.1) is 5.82 Å². The van der Waals surface area contributed by atoms with E-state index >= 15 is 0 Å². The highest BCUT2D eigenvalue weighted by Crippen LogP contribution is 2.16. The quantitative estimate of drug-likeness (QED) is 0.239. The molecule has 1 aromatic carbocycles. The first-order valence-electron chi connectivity index (χ1n) is 7.93. The van der Waals surface area contributed by atoms with E-state index in [-0.39, 0.29) is 5.82 Å². The van der Waals surface area contributed by atoms with Gasteiger partial charge in [-0.3, -0.25) is 0 Å². The lowest BCUT2D eigenvalue weighted by molar-refractivity contribution is -0.657. The Labute approximate surface area is 141 Å². The Bertz CT molecular complexity index is 672. The third kappa shape index (κ3) is 5.70. The molecule has 0 atom stereocenters. The second kappa shape index (κ2) is 9.72. The maximum atomic E-state index is 12.9. The van der Waals surface area contributed by atoms with Gasteiger partial charge in [0, 0.05) is 5.11 Å². The van der Waals surface area contributed by atoms with Crippen LogP contribution in [-0.2, 0) is 18.4 Å². The molecule has 0 aliphatic rings. The van der Waals surface area contributed by atoms with Crippen LogP contribution in [0.5, 0.6) is 0 Å². The van der Waals surface area contributed by atoms with Crippen molar-refractivity contribution in [2.45, 2.75) is 25.8 Å². The largest absolute Gasteiger partial charge is 0.421 e. The predicted octanol–water partition coefficient (Wildman–Crippen LogP) is 2.44. The molecule has 1 radical (unpaired) electrons. The minimum absolute atomic E-state index is 0.289. The van der Waals surface area contributed by atoms with E-state index < -0.39 is 0 Å². The molecule has 0 fully saturated rings. The SMILES string of the molecule is C[n+]1ccn(CCCCCN[B]C=O)c1N=Nc1ccc(F)cc1. The lowest BCUT2D eigenvalue weighted by Crippen LogP contribution is -2.25. The summed E-state index contributed by atoms with van der Waals surface area (Å²) in [5, 5.41) is 11.4. The second-order valence-corrected chi connectivity index (χ2v) is 5.40. The highest BCUT2D eigenvalue weighted by molar-refractivity contribution is 6.64. The summed E-state index contributed by atoms with van der Waals surface area (Å²) in [6, 6.07) is 5.91. The van der Waals surface area contributed by atoms with Crippen molar-refractivity contribution in [3.8, 4) is 0 Å². The molecule has 24 heavy (non-hydrogen) atoms. The summed E-state index contributed by atoms with van der Waals surface area (Å²) < 4.78 is 16.8. The summed E-state index contributed by atoms with van der Waals surface area (Å²) in [7, 11) is 3.33. The van der Waals surface area contributed by atoms with Crippen molar-refractivity contribution in [2.24, 2.45) is 17.3 Å². The normalized spacial score (nSPS) is 11.1. The van der Waals surface area contributed by atoms with Crippen LogP contribution in [0.1, 0.15) is 19.3 Å². The molecule has 2 rings (SSSR count). The molecular weight excluding hydrogens is 308 g/mol. The molecule has 1 aromatic heterocycles. The van der Waals surface area contributed by atoms with Crippen molar-refractivity contribution >= 4 is 25.2 Å². The van der Waals surface area contributed by atoms with Crippen LogP contribution in [0.15, 0.2) is 46.9 Å². The zero-order valence-corrected chi connectivity index (χ0v) is 13.7. The molecule has 0 spiro atoms. The molecule has 2 aromatic rings. The fourth-order valence-corrected chi connectivity index (χ4v) is 2.25. The molecule has 0 amide bonds. The van der Waals surface area contributed by atoms with Gasteiger partial charge in [0.25, 0.3) is 7.41 Å². The smallest absolute Gasteiger partial charge is 0.354 e. The van der Waals surface area contributed by atoms with Crippen molar-refractivity contribution in [1.82, 2.24) is 9.79 Å². The number of hydrogen-bond donors (Lipinski definition) is 1. The van der Waals surface area contributed by atoms with Crippen molar-refractivity contribution in [2.75, 3.05) is 6.54 Å². The van der Waals surface area contributed by atoms with Gasteiger partial charge in [-0.2, -0.15) is 0 Å². The molecule has 125 valence electrons. The standard InChI is InChI=1S/C16H21BFN5O/c1-22-11-12-23(10-4-2-3-9-19-17-13-24)16(22)21-20-15-7-5-14(18)6-8-15/h5-8,11-13,19H,2-4,9-10H2,1H3/q+1. The van der Waals surface area contributed by atoms with Gasteiger partial charge in [0.15, 0.2) is 0 Å². The Kier molecular flexibility index (Phi) is 7.29. The molecule has 0 saturated carbocycles. The number of hydrogen-bond acceptors (Lipinski definition) is 4. The van der Waals surface area contributed by atoms with Gasteiger partial charge in [0.05, 0.1) is 32.2 Å². The van der Waals surface area contributed by atoms with Crippen molar-refractivity contribution in [1.29, 1.82) is 0 Å². The van der Waals surface area contributed by atoms with Gasteiger partial charge in [-0.1, -0.05) is 5.11 Å². The van der Waals surface area contributed by atoms with Crippen LogP contribution in [0.4, 0.5) is 16.0 Å². The molecule has 6 nitrogen and oxygen atoms in total. The summed E-state index contributed by atoms with van der Waals surface area (Å²) in [6.45, 7) is 1.64. The van der Waals surface area contributed by atoms with E-state index in [0.29, 0.717) is 5.69 Å². The van der Waals surface area contributed by atoms with Crippen molar-refractivity contribution < 1.29 is 13.8 Å². The zero-order valence-electron chi connectivity index (χ0n) is 13.7. The number of unbranched alkanes of at least 4 members (excludes halogenated alkanes) is 2. The number of rotatable bonds is 10. The predicted molar refractivity (Wildman–Crippen MR) is 90.5 cm³/mol. The Morgan fingerprint density at radius 3 is 2.79 bits per heavy atom. The van der Waals surface area contributed by atoms with E-state index in [1.807, 2.05) is 28.6 Å². The third-order valence-electron chi connectivity index (χ3n) is 3.53. The number of nitrogens with zero attached hydrogens (tertiary/aromatic N) is 4. The maximum absolute atomic E-state index is 12.9. The van der Waals surface area contributed by atoms with E-state index in [9.17, 15) is 9.18 Å². The topological polar surface area (TPSA) is 62.6 Å². The highest BCUT2D eigenvalue weighted by Gasteiger charge is 2.13. The van der Waals surface area contributed by atoms with Gasteiger partial charge in [0.2, 0.25) is 0 Å². The van der Waals surface area contributed by atoms with E-state index in [1.165, 1.54) is 19.5 Å². The third-order valence-corrected chi connectivity index (χ3v) is 3.53. The molecule has 0 bridgehead atoms. The monoisotopic (exact) mass is 329 g/mol. The first-order chi connectivity index (χ1) is 11.7. The van der Waals surface area contributed by atoms with Crippen LogP contribution in [-0.4, -0.2) is 24.7 Å². The molecule has 1 N–H and O–H groups in total. The van der Waals surface area contributed by atoms with Crippen LogP contribution in [0.3, 0.4) is 0 Å². The van der Waals surface area contributed by atoms with E-state index in [4.69, 9.17) is 0 Å². The molecule has 0 saturated heterocycles. The molecular formula is C16H21BFN5O+. The zero-order chi connectivity index (χ0) is 17.2. The number of nitrogens with one attached hydrogen (secondary N) is 1. The van der Waals surface area contributed by atoms with Gasteiger partial charge in [-0.05, 0) is 50.1 Å². The summed E-state index contributed by atoms with van der Waals surface area (Å²) in [4.78, 5) is 10.1. The van der Waals surface area contributed by atoms with Crippen LogP contribution < -0.4 is 9.79 Å². The van der Waals surface area contributed by atoms with Crippen molar-refractivity contribution in [3.05, 3.63) is 42.5 Å². The van der Waals surface area contributed by atoms with Crippen LogP contribution >= 0.6 is 0 Å². The van der Waals surface area contributed by atoms with Gasteiger partial charge in [0.1, 0.15) is 11.5 Å². The summed E-state index contributed by atoms with van der Waals surface area (Å²) in [6.07, 6.45) is 7.71.